The van der Waals surface area contributed by atoms with E-state index >= 15 is 0 Å². The normalized spacial score (nSPS) is 35.4. The van der Waals surface area contributed by atoms with Crippen molar-refractivity contribution < 1.29 is 13.6 Å². The second-order valence-electron chi connectivity index (χ2n) is 5.64. The van der Waals surface area contributed by atoms with Crippen molar-refractivity contribution in [3.63, 3.8) is 0 Å². The van der Waals surface area contributed by atoms with Gasteiger partial charge in [0, 0.05) is 30.8 Å². The minimum absolute atomic E-state index is 0.141. The maximum atomic E-state index is 13.0. The lowest BCUT2D eigenvalue weighted by Crippen LogP contribution is -2.43. The summed E-state index contributed by atoms with van der Waals surface area (Å²) in [6, 6.07) is 0.713. The number of carbonyl (C=O) groups is 1. The van der Waals surface area contributed by atoms with Crippen molar-refractivity contribution in [3.8, 4) is 0 Å². The number of carbonyl (C=O) groups excluding carboxylic acids is 1. The van der Waals surface area contributed by atoms with E-state index in [4.69, 9.17) is 0 Å². The highest BCUT2D eigenvalue weighted by Crippen LogP contribution is 2.39. The van der Waals surface area contributed by atoms with E-state index in [9.17, 15) is 13.6 Å². The van der Waals surface area contributed by atoms with Crippen LogP contribution in [-0.4, -0.2) is 31.0 Å². The largest absolute Gasteiger partial charge is 0.353 e. The number of alkyl halides is 2. The van der Waals surface area contributed by atoms with Crippen LogP contribution >= 0.6 is 0 Å². The first-order valence-electron chi connectivity index (χ1n) is 6.85. The van der Waals surface area contributed by atoms with Crippen molar-refractivity contribution in [2.45, 2.75) is 63.0 Å². The molecule has 0 aromatic carbocycles. The first kappa shape index (κ1) is 13.7. The van der Waals surface area contributed by atoms with Gasteiger partial charge in [0.2, 0.25) is 11.8 Å². The van der Waals surface area contributed by atoms with Gasteiger partial charge in [0.25, 0.3) is 0 Å². The van der Waals surface area contributed by atoms with Crippen LogP contribution in [0.25, 0.3) is 0 Å². The van der Waals surface area contributed by atoms with E-state index < -0.39 is 11.8 Å². The van der Waals surface area contributed by atoms with E-state index in [1.165, 1.54) is 0 Å². The summed E-state index contributed by atoms with van der Waals surface area (Å²) in [5.41, 5.74) is 0. The summed E-state index contributed by atoms with van der Waals surface area (Å²) in [6.45, 7) is 0. The topological polar surface area (TPSA) is 41.1 Å². The second-order valence-corrected chi connectivity index (χ2v) is 5.64. The highest BCUT2D eigenvalue weighted by atomic mass is 19.3. The molecule has 0 aromatic rings. The Hall–Kier alpha value is -0.710. The van der Waals surface area contributed by atoms with Gasteiger partial charge in [-0.05, 0) is 39.2 Å². The maximum Gasteiger partial charge on any atom is 0.248 e. The van der Waals surface area contributed by atoms with Crippen LogP contribution in [0.3, 0.4) is 0 Å². The molecule has 0 aromatic heterocycles. The van der Waals surface area contributed by atoms with Crippen LogP contribution in [0, 0.1) is 5.92 Å². The first-order valence-corrected chi connectivity index (χ1v) is 6.85. The quantitative estimate of drug-likeness (QED) is 0.815. The number of amides is 1. The van der Waals surface area contributed by atoms with Gasteiger partial charge in [0.1, 0.15) is 0 Å². The van der Waals surface area contributed by atoms with Crippen LogP contribution in [0.1, 0.15) is 44.9 Å². The van der Waals surface area contributed by atoms with Crippen molar-refractivity contribution in [2.75, 3.05) is 7.05 Å². The summed E-state index contributed by atoms with van der Waals surface area (Å²) >= 11 is 0. The van der Waals surface area contributed by atoms with Crippen LogP contribution in [0.5, 0.6) is 0 Å². The minimum atomic E-state index is -2.63. The van der Waals surface area contributed by atoms with Crippen molar-refractivity contribution in [1.29, 1.82) is 0 Å². The van der Waals surface area contributed by atoms with Crippen LogP contribution in [0.15, 0.2) is 0 Å². The fraction of sp³-hybridized carbons (Fsp3) is 0.923. The van der Waals surface area contributed by atoms with Gasteiger partial charge in [-0.25, -0.2) is 8.78 Å². The molecular weight excluding hydrogens is 238 g/mol. The lowest BCUT2D eigenvalue weighted by molar-refractivity contribution is -0.126. The monoisotopic (exact) mass is 260 g/mol. The van der Waals surface area contributed by atoms with E-state index in [2.05, 4.69) is 10.6 Å². The van der Waals surface area contributed by atoms with Gasteiger partial charge >= 0.3 is 0 Å². The van der Waals surface area contributed by atoms with Gasteiger partial charge in [-0.2, -0.15) is 0 Å². The van der Waals surface area contributed by atoms with E-state index in [1.54, 1.807) is 0 Å². The zero-order valence-electron chi connectivity index (χ0n) is 10.8. The molecule has 1 amide bonds. The maximum absolute atomic E-state index is 13.0. The molecule has 0 bridgehead atoms. The predicted molar refractivity (Wildman–Crippen MR) is 65.5 cm³/mol. The zero-order chi connectivity index (χ0) is 13.2. The van der Waals surface area contributed by atoms with Crippen molar-refractivity contribution in [1.82, 2.24) is 10.6 Å². The summed E-state index contributed by atoms with van der Waals surface area (Å²) in [4.78, 5) is 11.9. The Labute approximate surface area is 107 Å². The number of rotatable bonds is 3. The van der Waals surface area contributed by atoms with Crippen molar-refractivity contribution in [3.05, 3.63) is 0 Å². The van der Waals surface area contributed by atoms with Gasteiger partial charge in [-0.15, -0.1) is 0 Å². The number of nitrogens with one attached hydrogen (secondary N) is 2. The van der Waals surface area contributed by atoms with Crippen LogP contribution in [0.2, 0.25) is 0 Å². The Kier molecular flexibility index (Phi) is 4.20. The van der Waals surface area contributed by atoms with E-state index in [0.717, 1.165) is 25.7 Å². The first-order chi connectivity index (χ1) is 8.50. The average molecular weight is 260 g/mol. The Morgan fingerprint density at radius 3 is 2.22 bits per heavy atom. The Morgan fingerprint density at radius 2 is 1.72 bits per heavy atom. The molecule has 1 atom stereocenters. The van der Waals surface area contributed by atoms with Gasteiger partial charge in [-0.1, -0.05) is 0 Å². The molecule has 18 heavy (non-hydrogen) atoms. The predicted octanol–water partition coefficient (Wildman–Crippen LogP) is 2.07. The molecule has 0 radical (unpaired) electrons. The molecule has 104 valence electrons. The molecule has 0 saturated heterocycles. The standard InChI is InChI=1S/C13H22F2N2O/c1-16-10-2-4-11(5-3-10)17-12(18)9-6-7-13(14,15)8-9/h9-11,16H,2-8H2,1H3,(H,17,18). The second kappa shape index (κ2) is 5.51. The molecular formula is C13H22F2N2O. The molecule has 3 nitrogen and oxygen atoms in total. The zero-order valence-corrected chi connectivity index (χ0v) is 10.8. The van der Waals surface area contributed by atoms with Crippen molar-refractivity contribution >= 4 is 5.91 Å². The van der Waals surface area contributed by atoms with Gasteiger partial charge in [-0.3, -0.25) is 4.79 Å². The van der Waals surface area contributed by atoms with Gasteiger partial charge in [0.05, 0.1) is 0 Å². The van der Waals surface area contributed by atoms with E-state index in [0.29, 0.717) is 12.5 Å². The van der Waals surface area contributed by atoms with Crippen LogP contribution in [-0.2, 0) is 4.79 Å². The molecule has 1 unspecified atom stereocenters. The highest BCUT2D eigenvalue weighted by Gasteiger charge is 2.42. The van der Waals surface area contributed by atoms with Crippen LogP contribution in [0.4, 0.5) is 8.78 Å². The smallest absolute Gasteiger partial charge is 0.248 e. The number of hydrogen-bond acceptors (Lipinski definition) is 2. The summed E-state index contributed by atoms with van der Waals surface area (Å²) < 4.78 is 26.1. The minimum Gasteiger partial charge on any atom is -0.353 e. The van der Waals surface area contributed by atoms with Gasteiger partial charge in [0.15, 0.2) is 0 Å². The molecule has 2 rings (SSSR count). The van der Waals surface area contributed by atoms with Crippen LogP contribution < -0.4 is 10.6 Å². The Balaban J connectivity index is 1.75. The highest BCUT2D eigenvalue weighted by molar-refractivity contribution is 5.79. The SMILES string of the molecule is CNC1CCC(NC(=O)C2CCC(F)(F)C2)CC1. The molecule has 0 spiro atoms. The van der Waals surface area contributed by atoms with Gasteiger partial charge < -0.3 is 10.6 Å². The number of hydrogen-bond donors (Lipinski definition) is 2. The van der Waals surface area contributed by atoms with Crippen molar-refractivity contribution in [2.24, 2.45) is 5.92 Å². The van der Waals surface area contributed by atoms with E-state index in [-0.39, 0.29) is 24.8 Å². The summed E-state index contributed by atoms with van der Waals surface area (Å²) in [5, 5.41) is 6.17. The summed E-state index contributed by atoms with van der Waals surface area (Å²) in [6.07, 6.45) is 3.89. The molecule has 2 aliphatic carbocycles. The molecule has 2 aliphatic rings. The number of halogens is 2. The molecule has 2 saturated carbocycles. The third kappa shape index (κ3) is 3.40. The third-order valence-electron chi connectivity index (χ3n) is 4.26. The molecule has 2 fully saturated rings. The molecule has 0 heterocycles. The fourth-order valence-electron chi connectivity index (χ4n) is 3.02. The Morgan fingerprint density at radius 1 is 1.11 bits per heavy atom. The lowest BCUT2D eigenvalue weighted by atomic mass is 9.91. The Bertz CT molecular complexity index is 301. The van der Waals surface area contributed by atoms with E-state index in [1.807, 2.05) is 7.05 Å². The third-order valence-corrected chi connectivity index (χ3v) is 4.26. The molecule has 0 aliphatic heterocycles. The lowest BCUT2D eigenvalue weighted by Gasteiger charge is -2.29. The summed E-state index contributed by atoms with van der Waals surface area (Å²) in [5.74, 6) is -3.28. The molecule has 5 heteroatoms. The average Bonchev–Trinajstić information content (AvgIpc) is 2.71. The summed E-state index contributed by atoms with van der Waals surface area (Å²) in [7, 11) is 1.95. The fourth-order valence-corrected chi connectivity index (χ4v) is 3.02. The molecule has 2 N–H and O–H groups in total.